The van der Waals surface area contributed by atoms with E-state index < -0.39 is 5.41 Å². The lowest BCUT2D eigenvalue weighted by Crippen LogP contribution is -2.26. The largest absolute Gasteiger partial charge is 0.310 e. The van der Waals surface area contributed by atoms with Crippen LogP contribution in [0.2, 0.25) is 0 Å². The fourth-order valence-electron chi connectivity index (χ4n) is 11.9. The molecule has 0 aromatic heterocycles. The minimum absolute atomic E-state index is 0.497. The first-order chi connectivity index (χ1) is 33.7. The number of hydrogen-bond donors (Lipinski definition) is 0. The van der Waals surface area contributed by atoms with Crippen LogP contribution >= 0.6 is 0 Å². The van der Waals surface area contributed by atoms with Crippen LogP contribution in [0.1, 0.15) is 22.3 Å². The lowest BCUT2D eigenvalue weighted by Gasteiger charge is -2.33. The topological polar surface area (TPSA) is 3.24 Å². The number of benzene rings is 12. The maximum atomic E-state index is 2.55. The van der Waals surface area contributed by atoms with Crippen LogP contribution in [0.3, 0.4) is 0 Å². The average molecular weight is 862 g/mol. The van der Waals surface area contributed by atoms with Crippen molar-refractivity contribution < 1.29 is 0 Å². The Hall–Kier alpha value is -8.78. The van der Waals surface area contributed by atoms with Gasteiger partial charge < -0.3 is 4.90 Å². The van der Waals surface area contributed by atoms with Crippen molar-refractivity contribution in [2.75, 3.05) is 4.90 Å². The third kappa shape index (κ3) is 5.63. The second-order valence-corrected chi connectivity index (χ2v) is 18.3. The fourth-order valence-corrected chi connectivity index (χ4v) is 11.9. The highest BCUT2D eigenvalue weighted by Gasteiger charge is 2.52. The van der Waals surface area contributed by atoms with Crippen LogP contribution in [0.15, 0.2) is 261 Å². The minimum atomic E-state index is -0.497. The molecule has 316 valence electrons. The minimum Gasteiger partial charge on any atom is -0.310 e. The Morgan fingerprint density at radius 1 is 0.221 bits per heavy atom. The summed E-state index contributed by atoms with van der Waals surface area (Å²) in [6.07, 6.45) is 0. The summed E-state index contributed by atoms with van der Waals surface area (Å²) in [6, 6.07) is 97.0. The van der Waals surface area contributed by atoms with Crippen molar-refractivity contribution in [1.82, 2.24) is 0 Å². The summed E-state index contributed by atoms with van der Waals surface area (Å²) in [6.45, 7) is 0. The van der Waals surface area contributed by atoms with Crippen molar-refractivity contribution in [3.05, 3.63) is 283 Å². The van der Waals surface area contributed by atoms with Gasteiger partial charge in [0.2, 0.25) is 0 Å². The number of nitrogens with zero attached hydrogens (tertiary/aromatic N) is 1. The van der Waals surface area contributed by atoms with Crippen LogP contribution in [0, 0.1) is 0 Å². The smallest absolute Gasteiger partial charge is 0.0726 e. The third-order valence-electron chi connectivity index (χ3n) is 14.9. The summed E-state index contributed by atoms with van der Waals surface area (Å²) in [5.74, 6) is 0. The standard InChI is InChI=1S/C67H43N/c1-3-17-44(18-4-1)45-31-33-46(34-32-45)47-35-37-49(38-36-47)68(50-39-40-55-53-23-8-7-21-51(53)52-22-9-10-24-54(52)60(55)41-50)66-43-65-61(42-59(66)48-19-5-2-6-20-48)58-27-13-16-30-64(58)67(65)62-28-14-11-25-56(62)57-26-12-15-29-63(57)67/h1-43H. The Labute approximate surface area is 396 Å². The molecule has 0 atom stereocenters. The molecule has 0 radical (unpaired) electrons. The van der Waals surface area contributed by atoms with Crippen LogP contribution < -0.4 is 4.90 Å². The molecule has 2 aliphatic rings. The molecule has 0 fully saturated rings. The van der Waals surface area contributed by atoms with Crippen LogP contribution in [0.25, 0.3) is 88.0 Å². The Morgan fingerprint density at radius 3 is 1.13 bits per heavy atom. The molecule has 12 aromatic carbocycles. The molecular weight excluding hydrogens is 819 g/mol. The van der Waals surface area contributed by atoms with Gasteiger partial charge >= 0.3 is 0 Å². The average Bonchev–Trinajstić information content (AvgIpc) is 3.88. The monoisotopic (exact) mass is 861 g/mol. The Bertz CT molecular complexity index is 3860. The Morgan fingerprint density at radius 2 is 0.603 bits per heavy atom. The molecule has 1 heteroatoms. The van der Waals surface area contributed by atoms with Gasteiger partial charge in [-0.15, -0.1) is 0 Å². The SMILES string of the molecule is c1ccc(-c2ccc(-c3ccc(N(c4ccc5c6ccccc6c6ccccc6c5c4)c4cc5c(cc4-c4ccccc4)-c4ccccc4C54c5ccccc5-c5ccccc54)cc3)cc2)cc1. The predicted octanol–water partition coefficient (Wildman–Crippen LogP) is 18.0. The van der Waals surface area contributed by atoms with Crippen LogP contribution in [-0.4, -0.2) is 0 Å². The van der Waals surface area contributed by atoms with Gasteiger partial charge in [-0.3, -0.25) is 0 Å². The summed E-state index contributed by atoms with van der Waals surface area (Å²) in [5, 5.41) is 7.55. The van der Waals surface area contributed by atoms with E-state index in [0.29, 0.717) is 0 Å². The van der Waals surface area contributed by atoms with Crippen molar-refractivity contribution in [2.24, 2.45) is 0 Å². The third-order valence-corrected chi connectivity index (χ3v) is 14.9. The van der Waals surface area contributed by atoms with Gasteiger partial charge in [-0.1, -0.05) is 224 Å². The predicted molar refractivity (Wildman–Crippen MR) is 286 cm³/mol. The van der Waals surface area contributed by atoms with E-state index in [2.05, 4.69) is 266 Å². The molecule has 0 saturated heterocycles. The molecule has 68 heavy (non-hydrogen) atoms. The van der Waals surface area contributed by atoms with Gasteiger partial charge in [-0.25, -0.2) is 0 Å². The zero-order valence-corrected chi connectivity index (χ0v) is 37.3. The highest BCUT2D eigenvalue weighted by molar-refractivity contribution is 6.26. The van der Waals surface area contributed by atoms with Crippen molar-refractivity contribution in [1.29, 1.82) is 0 Å². The highest BCUT2D eigenvalue weighted by atomic mass is 15.1. The van der Waals surface area contributed by atoms with E-state index in [9.17, 15) is 0 Å². The molecule has 1 nitrogen and oxygen atoms in total. The number of fused-ring (bicyclic) bond motifs is 16. The van der Waals surface area contributed by atoms with Crippen LogP contribution in [-0.2, 0) is 5.41 Å². The van der Waals surface area contributed by atoms with Crippen molar-refractivity contribution in [2.45, 2.75) is 5.41 Å². The number of anilines is 3. The first-order valence-electron chi connectivity index (χ1n) is 23.7. The summed E-state index contributed by atoms with van der Waals surface area (Å²) < 4.78 is 0. The number of rotatable bonds is 6. The van der Waals surface area contributed by atoms with Gasteiger partial charge in [0, 0.05) is 16.9 Å². The molecule has 14 rings (SSSR count). The first-order valence-corrected chi connectivity index (χ1v) is 23.7. The molecule has 2 aliphatic carbocycles. The summed E-state index contributed by atoms with van der Waals surface area (Å²) in [7, 11) is 0. The van der Waals surface area contributed by atoms with Crippen LogP contribution in [0.5, 0.6) is 0 Å². The molecule has 0 unspecified atom stereocenters. The van der Waals surface area contributed by atoms with E-state index in [1.807, 2.05) is 0 Å². The molecule has 0 saturated carbocycles. The van der Waals surface area contributed by atoms with Crippen LogP contribution in [0.4, 0.5) is 17.1 Å². The zero-order chi connectivity index (χ0) is 44.8. The summed E-state index contributed by atoms with van der Waals surface area (Å²) >= 11 is 0. The molecule has 0 N–H and O–H groups in total. The summed E-state index contributed by atoms with van der Waals surface area (Å²) in [4.78, 5) is 2.53. The molecular formula is C67H43N. The van der Waals surface area contributed by atoms with E-state index in [0.717, 1.165) is 17.1 Å². The van der Waals surface area contributed by atoms with Gasteiger partial charge in [0.15, 0.2) is 0 Å². The van der Waals surface area contributed by atoms with Gasteiger partial charge in [0.05, 0.1) is 11.1 Å². The van der Waals surface area contributed by atoms with E-state index in [-0.39, 0.29) is 0 Å². The maximum absolute atomic E-state index is 2.55. The van der Waals surface area contributed by atoms with Gasteiger partial charge in [-0.05, 0) is 141 Å². The molecule has 0 bridgehead atoms. The van der Waals surface area contributed by atoms with Gasteiger partial charge in [0.25, 0.3) is 0 Å². The molecule has 0 heterocycles. The molecule has 0 amide bonds. The highest BCUT2D eigenvalue weighted by Crippen LogP contribution is 2.64. The zero-order valence-electron chi connectivity index (χ0n) is 37.3. The lowest BCUT2D eigenvalue weighted by atomic mass is 9.70. The number of hydrogen-bond acceptors (Lipinski definition) is 1. The van der Waals surface area contributed by atoms with E-state index in [1.165, 1.54) is 110 Å². The molecule has 12 aromatic rings. The summed E-state index contributed by atoms with van der Waals surface area (Å²) in [5.41, 5.74) is 20.5. The van der Waals surface area contributed by atoms with Crippen molar-refractivity contribution in [3.8, 4) is 55.6 Å². The quantitative estimate of drug-likeness (QED) is 0.151. The van der Waals surface area contributed by atoms with E-state index >= 15 is 0 Å². The van der Waals surface area contributed by atoms with E-state index in [1.54, 1.807) is 0 Å². The van der Waals surface area contributed by atoms with Crippen molar-refractivity contribution >= 4 is 49.4 Å². The fraction of sp³-hybridized carbons (Fsp3) is 0.0149. The molecule has 0 aliphatic heterocycles. The normalized spacial score (nSPS) is 12.8. The first kappa shape index (κ1) is 38.5. The van der Waals surface area contributed by atoms with Gasteiger partial charge in [0.1, 0.15) is 0 Å². The Kier molecular flexibility index (Phi) is 8.57. The second-order valence-electron chi connectivity index (χ2n) is 18.3. The Balaban J connectivity index is 1.04. The second kappa shape index (κ2) is 15.1. The van der Waals surface area contributed by atoms with Crippen molar-refractivity contribution in [3.63, 3.8) is 0 Å². The maximum Gasteiger partial charge on any atom is 0.0726 e. The van der Waals surface area contributed by atoms with E-state index in [4.69, 9.17) is 0 Å². The molecule has 1 spiro atoms. The lowest BCUT2D eigenvalue weighted by molar-refractivity contribution is 0.794. The van der Waals surface area contributed by atoms with Gasteiger partial charge in [-0.2, -0.15) is 0 Å².